The number of amides is 1. The van der Waals surface area contributed by atoms with Gasteiger partial charge >= 0.3 is 12.6 Å². The summed E-state index contributed by atoms with van der Waals surface area (Å²) in [4.78, 5) is 24.0. The molecule has 1 amide bonds. The second-order valence-electron chi connectivity index (χ2n) is 7.37. The smallest absolute Gasteiger partial charge is 0.387 e. The Balaban J connectivity index is 1.40. The molecule has 1 fully saturated rings. The zero-order valence-electron chi connectivity index (χ0n) is 17.7. The first-order valence-corrected chi connectivity index (χ1v) is 11.8. The normalized spacial score (nSPS) is 14.3. The number of carbonyl (C=O) groups is 2. The summed E-state index contributed by atoms with van der Waals surface area (Å²) in [5, 5.41) is 2.47. The molecular weight excluding hydrogens is 458 g/mol. The number of hydrogen-bond donors (Lipinski definition) is 1. The second kappa shape index (κ2) is 11.2. The number of benzene rings is 2. The van der Waals surface area contributed by atoms with Crippen LogP contribution in [0.5, 0.6) is 5.75 Å². The summed E-state index contributed by atoms with van der Waals surface area (Å²) < 4.78 is 60.0. The van der Waals surface area contributed by atoms with Crippen molar-refractivity contribution in [2.24, 2.45) is 0 Å². The van der Waals surface area contributed by atoms with E-state index in [4.69, 9.17) is 4.74 Å². The maximum absolute atomic E-state index is 12.5. The molecule has 0 bridgehead atoms. The maximum atomic E-state index is 12.5. The fraction of sp³-hybridized carbons (Fsp3) is 0.364. The highest BCUT2D eigenvalue weighted by Gasteiger charge is 2.26. The third-order valence-electron chi connectivity index (χ3n) is 4.97. The molecule has 0 spiro atoms. The minimum Gasteiger partial charge on any atom is -0.456 e. The van der Waals surface area contributed by atoms with Crippen molar-refractivity contribution in [3.05, 3.63) is 54.1 Å². The van der Waals surface area contributed by atoms with Crippen molar-refractivity contribution < 1.29 is 36.3 Å². The van der Waals surface area contributed by atoms with Crippen molar-refractivity contribution in [3.63, 3.8) is 0 Å². The molecule has 2 aromatic carbocycles. The van der Waals surface area contributed by atoms with Gasteiger partial charge < -0.3 is 14.8 Å². The average Bonchev–Trinajstić information content (AvgIpc) is 3.33. The van der Waals surface area contributed by atoms with E-state index in [-0.39, 0.29) is 17.1 Å². The van der Waals surface area contributed by atoms with Crippen molar-refractivity contribution in [1.29, 1.82) is 0 Å². The highest BCUT2D eigenvalue weighted by atomic mass is 32.2. The minimum absolute atomic E-state index is 0.0190. The molecule has 1 aliphatic rings. The van der Waals surface area contributed by atoms with E-state index in [2.05, 4.69) is 10.1 Å². The Morgan fingerprint density at radius 2 is 1.64 bits per heavy atom. The number of sulfonamides is 1. The van der Waals surface area contributed by atoms with E-state index in [9.17, 15) is 26.8 Å². The van der Waals surface area contributed by atoms with Gasteiger partial charge in [0.25, 0.3) is 5.91 Å². The number of ether oxygens (including phenoxy) is 2. The monoisotopic (exact) mass is 482 g/mol. The van der Waals surface area contributed by atoms with E-state index < -0.39 is 35.1 Å². The van der Waals surface area contributed by atoms with Crippen LogP contribution in [0.2, 0.25) is 0 Å². The highest BCUT2D eigenvalue weighted by molar-refractivity contribution is 7.89. The van der Waals surface area contributed by atoms with Crippen molar-refractivity contribution >= 4 is 27.6 Å². The lowest BCUT2D eigenvalue weighted by molar-refractivity contribution is -0.147. The number of halogens is 2. The molecular formula is C22H24F2N2O6S. The summed E-state index contributed by atoms with van der Waals surface area (Å²) in [7, 11) is -3.48. The number of nitrogens with zero attached hydrogens (tertiary/aromatic N) is 1. The van der Waals surface area contributed by atoms with Crippen LogP contribution in [0.25, 0.3) is 0 Å². The predicted molar refractivity (Wildman–Crippen MR) is 115 cm³/mol. The van der Waals surface area contributed by atoms with Gasteiger partial charge in [-0.05, 0) is 61.2 Å². The summed E-state index contributed by atoms with van der Waals surface area (Å²) in [5.74, 6) is -1.21. The quantitative estimate of drug-likeness (QED) is 0.522. The zero-order valence-corrected chi connectivity index (χ0v) is 18.5. The molecule has 33 heavy (non-hydrogen) atoms. The molecule has 1 N–H and O–H groups in total. The van der Waals surface area contributed by atoms with Crippen LogP contribution in [0, 0.1) is 0 Å². The first-order valence-electron chi connectivity index (χ1n) is 10.3. The molecule has 0 atom stereocenters. The lowest BCUT2D eigenvalue weighted by Gasteiger charge is -2.15. The number of nitrogens with one attached hydrogen (secondary N) is 1. The molecule has 11 heteroatoms. The average molecular weight is 483 g/mol. The standard InChI is InChI=1S/C22H24F2N2O6S/c23-22(24)32-18-8-6-17(7-9-18)25-20(27)15-31-21(28)12-5-16-3-10-19(11-4-16)33(29,30)26-13-1-2-14-26/h3-4,6-11,22H,1-2,5,12-15H2,(H,25,27). The fourth-order valence-electron chi connectivity index (χ4n) is 3.29. The van der Waals surface area contributed by atoms with Gasteiger partial charge in [0.05, 0.1) is 4.90 Å². The van der Waals surface area contributed by atoms with Gasteiger partial charge in [-0.3, -0.25) is 9.59 Å². The molecule has 1 saturated heterocycles. The molecule has 0 aromatic heterocycles. The van der Waals surface area contributed by atoms with Crippen molar-refractivity contribution in [2.75, 3.05) is 25.0 Å². The van der Waals surface area contributed by atoms with E-state index >= 15 is 0 Å². The van der Waals surface area contributed by atoms with Gasteiger partial charge in [0.15, 0.2) is 6.61 Å². The third kappa shape index (κ3) is 7.22. The summed E-state index contributed by atoms with van der Waals surface area (Å²) in [6.07, 6.45) is 2.07. The Kier molecular flexibility index (Phi) is 8.34. The number of esters is 1. The predicted octanol–water partition coefficient (Wildman–Crippen LogP) is 3.19. The zero-order chi connectivity index (χ0) is 23.8. The summed E-state index contributed by atoms with van der Waals surface area (Å²) in [6, 6.07) is 11.7. The Hall–Kier alpha value is -3.05. The van der Waals surface area contributed by atoms with Crippen LogP contribution >= 0.6 is 0 Å². The van der Waals surface area contributed by atoms with Gasteiger partial charge in [0, 0.05) is 25.2 Å². The largest absolute Gasteiger partial charge is 0.456 e. The molecule has 0 aliphatic carbocycles. The topological polar surface area (TPSA) is 102 Å². The number of anilines is 1. The number of hydrogen-bond acceptors (Lipinski definition) is 6. The van der Waals surface area contributed by atoms with Gasteiger partial charge in [-0.25, -0.2) is 8.42 Å². The molecule has 0 radical (unpaired) electrons. The number of alkyl halides is 2. The van der Waals surface area contributed by atoms with Crippen LogP contribution in [0.15, 0.2) is 53.4 Å². The lowest BCUT2D eigenvalue weighted by Crippen LogP contribution is -2.27. The summed E-state index contributed by atoms with van der Waals surface area (Å²) in [6.45, 7) is -2.38. The maximum Gasteiger partial charge on any atom is 0.387 e. The first-order chi connectivity index (χ1) is 15.7. The molecule has 1 aliphatic heterocycles. The van der Waals surface area contributed by atoms with E-state index in [0.29, 0.717) is 25.2 Å². The van der Waals surface area contributed by atoms with E-state index in [1.165, 1.54) is 40.7 Å². The molecule has 0 saturated carbocycles. The molecule has 0 unspecified atom stereocenters. The van der Waals surface area contributed by atoms with E-state index in [1.807, 2.05) is 0 Å². The number of carbonyl (C=O) groups excluding carboxylic acids is 2. The molecule has 1 heterocycles. The molecule has 3 rings (SSSR count). The SMILES string of the molecule is O=C(COC(=O)CCc1ccc(S(=O)(=O)N2CCCC2)cc1)Nc1ccc(OC(F)F)cc1. The number of rotatable bonds is 10. The van der Waals surface area contributed by atoms with Gasteiger partial charge in [-0.15, -0.1) is 0 Å². The third-order valence-corrected chi connectivity index (χ3v) is 6.88. The minimum atomic E-state index is -3.48. The molecule has 178 valence electrons. The Morgan fingerprint density at radius 3 is 2.24 bits per heavy atom. The van der Waals surface area contributed by atoms with E-state index in [0.717, 1.165) is 18.4 Å². The van der Waals surface area contributed by atoms with Gasteiger partial charge in [-0.1, -0.05) is 12.1 Å². The van der Waals surface area contributed by atoms with Gasteiger partial charge in [0.2, 0.25) is 10.0 Å². The van der Waals surface area contributed by atoms with Gasteiger partial charge in [0.1, 0.15) is 5.75 Å². The van der Waals surface area contributed by atoms with Crippen LogP contribution in [-0.4, -0.2) is 50.9 Å². The van der Waals surface area contributed by atoms with E-state index in [1.54, 1.807) is 12.1 Å². The van der Waals surface area contributed by atoms with Crippen LogP contribution in [0.3, 0.4) is 0 Å². The van der Waals surface area contributed by atoms with Crippen LogP contribution < -0.4 is 10.1 Å². The van der Waals surface area contributed by atoms with Crippen molar-refractivity contribution in [2.45, 2.75) is 37.2 Å². The van der Waals surface area contributed by atoms with Gasteiger partial charge in [-0.2, -0.15) is 13.1 Å². The van der Waals surface area contributed by atoms with Crippen LogP contribution in [0.1, 0.15) is 24.8 Å². The lowest BCUT2D eigenvalue weighted by atomic mass is 10.1. The first kappa shape index (κ1) is 24.6. The second-order valence-corrected chi connectivity index (χ2v) is 9.30. The molecule has 2 aromatic rings. The van der Waals surface area contributed by atoms with Crippen molar-refractivity contribution in [3.8, 4) is 5.75 Å². The Morgan fingerprint density at radius 1 is 1.00 bits per heavy atom. The Labute approximate surface area is 190 Å². The highest BCUT2D eigenvalue weighted by Crippen LogP contribution is 2.21. The summed E-state index contributed by atoms with van der Waals surface area (Å²) in [5.41, 5.74) is 1.10. The van der Waals surface area contributed by atoms with Crippen LogP contribution in [-0.2, 0) is 30.8 Å². The molecule has 8 nitrogen and oxygen atoms in total. The van der Waals surface area contributed by atoms with Crippen molar-refractivity contribution in [1.82, 2.24) is 4.31 Å². The summed E-state index contributed by atoms with van der Waals surface area (Å²) >= 11 is 0. The fourth-order valence-corrected chi connectivity index (χ4v) is 4.80. The van der Waals surface area contributed by atoms with Crippen LogP contribution in [0.4, 0.5) is 14.5 Å². The Bertz CT molecular complexity index is 1050. The number of aryl methyl sites for hydroxylation is 1.